The lowest BCUT2D eigenvalue weighted by atomic mass is 9.99. The van der Waals surface area contributed by atoms with Crippen LogP contribution in [0.1, 0.15) is 36.5 Å². The van der Waals surface area contributed by atoms with Crippen LogP contribution in [0.2, 0.25) is 0 Å². The number of nitrogens with zero attached hydrogens (tertiary/aromatic N) is 2. The van der Waals surface area contributed by atoms with Gasteiger partial charge < -0.3 is 15.5 Å². The van der Waals surface area contributed by atoms with Gasteiger partial charge in [-0.25, -0.2) is 4.98 Å². The van der Waals surface area contributed by atoms with Crippen molar-refractivity contribution < 1.29 is 4.79 Å². The largest absolute Gasteiger partial charge is 0.385 e. The molecule has 1 aliphatic rings. The molecule has 3 rings (SSSR count). The van der Waals surface area contributed by atoms with Crippen LogP contribution in [-0.2, 0) is 0 Å². The molecular weight excluding hydrogens is 324 g/mol. The van der Waals surface area contributed by atoms with Crippen molar-refractivity contribution in [3.63, 3.8) is 0 Å². The van der Waals surface area contributed by atoms with Crippen molar-refractivity contribution in [2.45, 2.75) is 26.2 Å². The van der Waals surface area contributed by atoms with Crippen LogP contribution >= 0.6 is 0 Å². The van der Waals surface area contributed by atoms with E-state index >= 15 is 0 Å². The van der Waals surface area contributed by atoms with E-state index in [-0.39, 0.29) is 5.91 Å². The molecule has 0 aliphatic carbocycles. The van der Waals surface area contributed by atoms with Crippen LogP contribution in [0.25, 0.3) is 0 Å². The van der Waals surface area contributed by atoms with Crippen molar-refractivity contribution in [2.24, 2.45) is 5.92 Å². The van der Waals surface area contributed by atoms with E-state index in [0.717, 1.165) is 62.9 Å². The minimum absolute atomic E-state index is 0.100. The number of pyridine rings is 1. The maximum Gasteiger partial charge on any atom is 0.255 e. The molecular formula is C21H28N4O. The molecule has 1 aromatic carbocycles. The molecule has 1 saturated heterocycles. The summed E-state index contributed by atoms with van der Waals surface area (Å²) in [6.07, 6.45) is 4.86. The quantitative estimate of drug-likeness (QED) is 0.743. The molecule has 5 nitrogen and oxygen atoms in total. The number of amides is 1. The Balaban J connectivity index is 1.39. The van der Waals surface area contributed by atoms with E-state index in [2.05, 4.69) is 34.7 Å². The summed E-state index contributed by atoms with van der Waals surface area (Å²) in [4.78, 5) is 18.8. The van der Waals surface area contributed by atoms with Crippen molar-refractivity contribution in [1.82, 2.24) is 9.88 Å². The Morgan fingerprint density at radius 1 is 1.08 bits per heavy atom. The topological polar surface area (TPSA) is 57.3 Å². The summed E-state index contributed by atoms with van der Waals surface area (Å²) in [5.74, 6) is 1.64. The third-order valence-electron chi connectivity index (χ3n) is 4.84. The van der Waals surface area contributed by atoms with Crippen molar-refractivity contribution in [2.75, 3.05) is 36.8 Å². The maximum atomic E-state index is 12.5. The molecule has 2 N–H and O–H groups in total. The number of carbonyl (C=O) groups excluding carboxylic acids is 1. The second-order valence-electron chi connectivity index (χ2n) is 6.98. The second-order valence-corrected chi connectivity index (χ2v) is 6.98. The fraction of sp³-hybridized carbons (Fsp3) is 0.429. The molecule has 0 atom stereocenters. The lowest BCUT2D eigenvalue weighted by molar-refractivity contribution is 0.0697. The van der Waals surface area contributed by atoms with Crippen molar-refractivity contribution >= 4 is 17.4 Å². The number of piperidine rings is 1. The van der Waals surface area contributed by atoms with E-state index in [0.29, 0.717) is 5.56 Å². The Labute approximate surface area is 155 Å². The molecule has 26 heavy (non-hydrogen) atoms. The number of hydrogen-bond acceptors (Lipinski definition) is 4. The van der Waals surface area contributed by atoms with Crippen molar-refractivity contribution in [1.29, 1.82) is 0 Å². The zero-order valence-electron chi connectivity index (χ0n) is 15.4. The number of hydrogen-bond donors (Lipinski definition) is 2. The van der Waals surface area contributed by atoms with Crippen molar-refractivity contribution in [3.05, 3.63) is 54.2 Å². The van der Waals surface area contributed by atoms with Crippen LogP contribution < -0.4 is 10.6 Å². The Hall–Kier alpha value is -2.56. The van der Waals surface area contributed by atoms with E-state index in [1.165, 1.54) is 0 Å². The van der Waals surface area contributed by atoms with Gasteiger partial charge in [-0.3, -0.25) is 4.79 Å². The Bertz CT molecular complexity index is 679. The fourth-order valence-corrected chi connectivity index (χ4v) is 3.11. The number of likely N-dealkylation sites (tertiary alicyclic amines) is 1. The van der Waals surface area contributed by atoms with E-state index in [4.69, 9.17) is 0 Å². The predicted molar refractivity (Wildman–Crippen MR) is 107 cm³/mol. The van der Waals surface area contributed by atoms with Gasteiger partial charge in [0.15, 0.2) is 0 Å². The minimum atomic E-state index is 0.100. The highest BCUT2D eigenvalue weighted by molar-refractivity contribution is 5.94. The molecule has 0 spiro atoms. The molecule has 0 unspecified atom stereocenters. The SMILES string of the molecule is CC1CCN(C(=O)c2ccc(NCCCNc3ccccc3)nc2)CC1. The summed E-state index contributed by atoms with van der Waals surface area (Å²) in [5, 5.41) is 6.69. The van der Waals surface area contributed by atoms with Crippen LogP contribution in [0.3, 0.4) is 0 Å². The molecule has 1 fully saturated rings. The third kappa shape index (κ3) is 5.22. The molecule has 1 aromatic heterocycles. The highest BCUT2D eigenvalue weighted by Crippen LogP contribution is 2.18. The van der Waals surface area contributed by atoms with Gasteiger partial charge in [0.05, 0.1) is 5.56 Å². The molecule has 0 radical (unpaired) electrons. The zero-order chi connectivity index (χ0) is 18.2. The Morgan fingerprint density at radius 3 is 2.50 bits per heavy atom. The van der Waals surface area contributed by atoms with Gasteiger partial charge in [0.25, 0.3) is 5.91 Å². The minimum Gasteiger partial charge on any atom is -0.385 e. The number of rotatable bonds is 7. The predicted octanol–water partition coefficient (Wildman–Crippen LogP) is 3.87. The molecule has 1 amide bonds. The summed E-state index contributed by atoms with van der Waals surface area (Å²) >= 11 is 0. The van der Waals surface area contributed by atoms with Gasteiger partial charge in [-0.2, -0.15) is 0 Å². The average molecular weight is 352 g/mol. The van der Waals surface area contributed by atoms with Gasteiger partial charge in [0, 0.05) is 38.1 Å². The number of aromatic nitrogens is 1. The number of carbonyl (C=O) groups is 1. The maximum absolute atomic E-state index is 12.5. The van der Waals surface area contributed by atoms with E-state index in [1.807, 2.05) is 35.2 Å². The molecule has 138 valence electrons. The summed E-state index contributed by atoms with van der Waals surface area (Å²) in [6, 6.07) is 14.0. The van der Waals surface area contributed by atoms with Gasteiger partial charge in [0.1, 0.15) is 5.82 Å². The fourth-order valence-electron chi connectivity index (χ4n) is 3.11. The number of anilines is 2. The van der Waals surface area contributed by atoms with Gasteiger partial charge in [0.2, 0.25) is 0 Å². The first-order valence-electron chi connectivity index (χ1n) is 9.50. The summed E-state index contributed by atoms with van der Waals surface area (Å²) in [6.45, 7) is 5.70. The van der Waals surface area contributed by atoms with Crippen molar-refractivity contribution in [3.8, 4) is 0 Å². The summed E-state index contributed by atoms with van der Waals surface area (Å²) < 4.78 is 0. The number of nitrogens with one attached hydrogen (secondary N) is 2. The number of benzene rings is 1. The summed E-state index contributed by atoms with van der Waals surface area (Å²) in [5.41, 5.74) is 1.82. The van der Waals surface area contributed by atoms with Gasteiger partial charge in [-0.1, -0.05) is 25.1 Å². The molecule has 0 bridgehead atoms. The lowest BCUT2D eigenvalue weighted by Crippen LogP contribution is -2.37. The Kier molecular flexibility index (Phi) is 6.47. The van der Waals surface area contributed by atoms with Gasteiger partial charge >= 0.3 is 0 Å². The van der Waals surface area contributed by atoms with Crippen LogP contribution in [0.5, 0.6) is 0 Å². The van der Waals surface area contributed by atoms with Crippen LogP contribution in [-0.4, -0.2) is 42.0 Å². The molecule has 1 aliphatic heterocycles. The second kappa shape index (κ2) is 9.22. The normalized spacial score (nSPS) is 14.9. The first-order chi connectivity index (χ1) is 12.7. The smallest absolute Gasteiger partial charge is 0.255 e. The standard InChI is InChI=1S/C21H28N4O/c1-17-10-14-25(15-11-17)21(26)18-8-9-20(24-16-18)23-13-5-12-22-19-6-3-2-4-7-19/h2-4,6-9,16-17,22H,5,10-15H2,1H3,(H,23,24). The zero-order valence-corrected chi connectivity index (χ0v) is 15.4. The highest BCUT2D eigenvalue weighted by Gasteiger charge is 2.21. The lowest BCUT2D eigenvalue weighted by Gasteiger charge is -2.30. The van der Waals surface area contributed by atoms with E-state index < -0.39 is 0 Å². The number of para-hydroxylation sites is 1. The molecule has 5 heteroatoms. The Morgan fingerprint density at radius 2 is 1.81 bits per heavy atom. The molecule has 0 saturated carbocycles. The first-order valence-corrected chi connectivity index (χ1v) is 9.50. The molecule has 2 aromatic rings. The van der Waals surface area contributed by atoms with Crippen LogP contribution in [0.15, 0.2) is 48.7 Å². The van der Waals surface area contributed by atoms with Crippen LogP contribution in [0, 0.1) is 5.92 Å². The van der Waals surface area contributed by atoms with E-state index in [1.54, 1.807) is 6.20 Å². The van der Waals surface area contributed by atoms with Gasteiger partial charge in [-0.05, 0) is 49.4 Å². The van der Waals surface area contributed by atoms with Gasteiger partial charge in [-0.15, -0.1) is 0 Å². The summed E-state index contributed by atoms with van der Waals surface area (Å²) in [7, 11) is 0. The third-order valence-corrected chi connectivity index (χ3v) is 4.84. The first kappa shape index (κ1) is 18.2. The molecule has 2 heterocycles. The average Bonchev–Trinajstić information content (AvgIpc) is 2.69. The highest BCUT2D eigenvalue weighted by atomic mass is 16.2. The van der Waals surface area contributed by atoms with Crippen LogP contribution in [0.4, 0.5) is 11.5 Å². The monoisotopic (exact) mass is 352 g/mol. The van der Waals surface area contributed by atoms with E-state index in [9.17, 15) is 4.79 Å².